The average Bonchev–Trinajstić information content (AvgIpc) is 2.87. The van der Waals surface area contributed by atoms with Crippen LogP contribution in [0, 0.1) is 0 Å². The second-order valence-electron chi connectivity index (χ2n) is 5.78. The number of halogens is 1. The van der Waals surface area contributed by atoms with Gasteiger partial charge in [0.05, 0.1) is 24.9 Å². The standard InChI is InChI=1S/C18H17ClO2/c19-16-8-4-2-6-14(16)17-11-18(9-10-20-17)15-7-3-1-5-13(15)12-21-18/h1-8,17H,9-12H2/t17-,18-/m0/s1. The van der Waals surface area contributed by atoms with E-state index in [0.717, 1.165) is 23.4 Å². The topological polar surface area (TPSA) is 18.5 Å². The zero-order valence-corrected chi connectivity index (χ0v) is 12.5. The molecule has 0 saturated carbocycles. The van der Waals surface area contributed by atoms with E-state index >= 15 is 0 Å². The summed E-state index contributed by atoms with van der Waals surface area (Å²) in [5.74, 6) is 0. The molecule has 1 fully saturated rings. The van der Waals surface area contributed by atoms with Crippen LogP contribution >= 0.6 is 11.6 Å². The first-order valence-electron chi connectivity index (χ1n) is 7.37. The van der Waals surface area contributed by atoms with E-state index in [0.29, 0.717) is 13.2 Å². The molecule has 0 aromatic heterocycles. The Balaban J connectivity index is 1.70. The molecule has 0 unspecified atom stereocenters. The minimum Gasteiger partial charge on any atom is -0.373 e. The van der Waals surface area contributed by atoms with Gasteiger partial charge in [0.1, 0.15) is 0 Å². The van der Waals surface area contributed by atoms with E-state index in [2.05, 4.69) is 24.3 Å². The minimum absolute atomic E-state index is 0.00129. The summed E-state index contributed by atoms with van der Waals surface area (Å²) in [6.45, 7) is 1.40. The molecule has 4 rings (SSSR count). The highest BCUT2D eigenvalue weighted by Gasteiger charge is 2.44. The Morgan fingerprint density at radius 3 is 2.76 bits per heavy atom. The van der Waals surface area contributed by atoms with Crippen LogP contribution in [0.2, 0.25) is 5.02 Å². The maximum absolute atomic E-state index is 6.33. The molecule has 1 saturated heterocycles. The predicted octanol–water partition coefficient (Wildman–Crippen LogP) is 4.62. The highest BCUT2D eigenvalue weighted by molar-refractivity contribution is 6.31. The van der Waals surface area contributed by atoms with Crippen molar-refractivity contribution in [3.05, 3.63) is 70.2 Å². The number of benzene rings is 2. The van der Waals surface area contributed by atoms with Gasteiger partial charge >= 0.3 is 0 Å². The van der Waals surface area contributed by atoms with Gasteiger partial charge in [0.25, 0.3) is 0 Å². The van der Waals surface area contributed by atoms with Gasteiger partial charge in [-0.25, -0.2) is 0 Å². The van der Waals surface area contributed by atoms with Crippen LogP contribution in [-0.4, -0.2) is 6.61 Å². The van der Waals surface area contributed by atoms with Gasteiger partial charge in [-0.1, -0.05) is 54.1 Å². The van der Waals surface area contributed by atoms with Crippen LogP contribution in [0.15, 0.2) is 48.5 Å². The third kappa shape index (κ3) is 2.18. The molecule has 1 spiro atoms. The van der Waals surface area contributed by atoms with Crippen molar-refractivity contribution < 1.29 is 9.47 Å². The van der Waals surface area contributed by atoms with Crippen LogP contribution in [-0.2, 0) is 21.7 Å². The lowest BCUT2D eigenvalue weighted by atomic mass is 9.81. The minimum atomic E-state index is -0.210. The van der Waals surface area contributed by atoms with Crippen LogP contribution in [0.25, 0.3) is 0 Å². The van der Waals surface area contributed by atoms with Gasteiger partial charge in [-0.05, 0) is 22.8 Å². The van der Waals surface area contributed by atoms with Crippen molar-refractivity contribution in [3.8, 4) is 0 Å². The lowest BCUT2D eigenvalue weighted by Gasteiger charge is -2.38. The maximum atomic E-state index is 6.33. The van der Waals surface area contributed by atoms with Gasteiger partial charge in [-0.15, -0.1) is 0 Å². The fraction of sp³-hybridized carbons (Fsp3) is 0.333. The largest absolute Gasteiger partial charge is 0.373 e. The summed E-state index contributed by atoms with van der Waals surface area (Å²) in [5.41, 5.74) is 3.48. The fourth-order valence-electron chi connectivity index (χ4n) is 3.52. The van der Waals surface area contributed by atoms with Crippen molar-refractivity contribution in [1.29, 1.82) is 0 Å². The number of hydrogen-bond donors (Lipinski definition) is 0. The molecule has 0 bridgehead atoms. The molecule has 2 aliphatic heterocycles. The SMILES string of the molecule is Clc1ccccc1[C@@H]1C[C@]2(CCO1)OCc1ccccc12. The van der Waals surface area contributed by atoms with Crippen LogP contribution in [0.4, 0.5) is 0 Å². The molecule has 2 heterocycles. The van der Waals surface area contributed by atoms with E-state index in [-0.39, 0.29) is 11.7 Å². The van der Waals surface area contributed by atoms with Crippen LogP contribution in [0.1, 0.15) is 35.6 Å². The van der Waals surface area contributed by atoms with Gasteiger partial charge in [0, 0.05) is 17.9 Å². The summed E-state index contributed by atoms with van der Waals surface area (Å²) in [5, 5.41) is 0.769. The Kier molecular flexibility index (Phi) is 3.26. The Labute approximate surface area is 129 Å². The molecule has 0 N–H and O–H groups in total. The molecule has 2 aromatic carbocycles. The van der Waals surface area contributed by atoms with Crippen molar-refractivity contribution in [1.82, 2.24) is 0 Å². The molecule has 21 heavy (non-hydrogen) atoms. The second-order valence-corrected chi connectivity index (χ2v) is 6.18. The first kappa shape index (κ1) is 13.3. The summed E-state index contributed by atoms with van der Waals surface area (Å²) >= 11 is 6.33. The third-order valence-corrected chi connectivity index (χ3v) is 4.95. The quantitative estimate of drug-likeness (QED) is 0.765. The van der Waals surface area contributed by atoms with Crippen LogP contribution in [0.5, 0.6) is 0 Å². The zero-order chi connectivity index (χ0) is 14.3. The maximum Gasteiger partial charge on any atom is 0.0989 e. The van der Waals surface area contributed by atoms with Crippen LogP contribution in [0.3, 0.4) is 0 Å². The van der Waals surface area contributed by atoms with E-state index in [1.54, 1.807) is 0 Å². The highest BCUT2D eigenvalue weighted by Crippen LogP contribution is 2.49. The molecule has 2 aliphatic rings. The van der Waals surface area contributed by atoms with Crippen molar-refractivity contribution in [3.63, 3.8) is 0 Å². The van der Waals surface area contributed by atoms with Gasteiger partial charge < -0.3 is 9.47 Å². The molecule has 0 aliphatic carbocycles. The number of ether oxygens (including phenoxy) is 2. The predicted molar refractivity (Wildman–Crippen MR) is 82.3 cm³/mol. The first-order valence-corrected chi connectivity index (χ1v) is 7.75. The van der Waals surface area contributed by atoms with Crippen molar-refractivity contribution in [2.45, 2.75) is 31.2 Å². The molecule has 2 nitrogen and oxygen atoms in total. The molecule has 108 valence electrons. The van der Waals surface area contributed by atoms with E-state index < -0.39 is 0 Å². The van der Waals surface area contributed by atoms with Crippen molar-refractivity contribution in [2.24, 2.45) is 0 Å². The summed E-state index contributed by atoms with van der Waals surface area (Å²) in [4.78, 5) is 0. The fourth-order valence-corrected chi connectivity index (χ4v) is 3.78. The molecular weight excluding hydrogens is 284 g/mol. The second kappa shape index (κ2) is 5.13. The molecular formula is C18H17ClO2. The summed E-state index contributed by atoms with van der Waals surface area (Å²) in [7, 11) is 0. The van der Waals surface area contributed by atoms with E-state index in [4.69, 9.17) is 21.1 Å². The van der Waals surface area contributed by atoms with Crippen LogP contribution < -0.4 is 0 Å². The van der Waals surface area contributed by atoms with Gasteiger partial charge in [-0.2, -0.15) is 0 Å². The van der Waals surface area contributed by atoms with Gasteiger partial charge in [-0.3, -0.25) is 0 Å². The van der Waals surface area contributed by atoms with E-state index in [1.165, 1.54) is 11.1 Å². The molecule has 2 aromatic rings. The lowest BCUT2D eigenvalue weighted by Crippen LogP contribution is -2.35. The summed E-state index contributed by atoms with van der Waals surface area (Å²) < 4.78 is 12.2. The Bertz CT molecular complexity index is 666. The average molecular weight is 301 g/mol. The molecule has 2 atom stereocenters. The molecule has 3 heteroatoms. The molecule has 0 radical (unpaired) electrons. The van der Waals surface area contributed by atoms with Gasteiger partial charge in [0.15, 0.2) is 0 Å². The van der Waals surface area contributed by atoms with E-state index in [9.17, 15) is 0 Å². The number of rotatable bonds is 1. The smallest absolute Gasteiger partial charge is 0.0989 e. The first-order chi connectivity index (χ1) is 10.3. The molecule has 0 amide bonds. The Morgan fingerprint density at radius 2 is 1.86 bits per heavy atom. The number of fused-ring (bicyclic) bond motifs is 2. The highest BCUT2D eigenvalue weighted by atomic mass is 35.5. The van der Waals surface area contributed by atoms with Crippen molar-refractivity contribution in [2.75, 3.05) is 6.61 Å². The Morgan fingerprint density at radius 1 is 1.05 bits per heavy atom. The van der Waals surface area contributed by atoms with Gasteiger partial charge in [0.2, 0.25) is 0 Å². The zero-order valence-electron chi connectivity index (χ0n) is 11.7. The third-order valence-electron chi connectivity index (χ3n) is 4.60. The van der Waals surface area contributed by atoms with Crippen molar-refractivity contribution >= 4 is 11.6 Å². The normalized spacial score (nSPS) is 27.8. The monoisotopic (exact) mass is 300 g/mol. The summed E-state index contributed by atoms with van der Waals surface area (Å²) in [6, 6.07) is 16.4. The number of hydrogen-bond acceptors (Lipinski definition) is 2. The summed E-state index contributed by atoms with van der Waals surface area (Å²) in [6.07, 6.45) is 1.73. The Hall–Kier alpha value is -1.35. The lowest BCUT2D eigenvalue weighted by molar-refractivity contribution is -0.138. The van der Waals surface area contributed by atoms with E-state index in [1.807, 2.05) is 24.3 Å².